The summed E-state index contributed by atoms with van der Waals surface area (Å²) in [6.07, 6.45) is 7.59. The van der Waals surface area contributed by atoms with Crippen molar-refractivity contribution in [2.45, 2.75) is 44.9 Å². The zero-order valence-corrected chi connectivity index (χ0v) is 15.6. The van der Waals surface area contributed by atoms with Crippen LogP contribution < -0.4 is 5.32 Å². The molecule has 1 atom stereocenters. The third-order valence-corrected chi connectivity index (χ3v) is 5.67. The van der Waals surface area contributed by atoms with Gasteiger partial charge in [-0.2, -0.15) is 5.10 Å². The fourth-order valence-electron chi connectivity index (χ4n) is 4.38. The van der Waals surface area contributed by atoms with Crippen LogP contribution in [0.25, 0.3) is 11.3 Å². The van der Waals surface area contributed by atoms with E-state index >= 15 is 0 Å². The third-order valence-electron chi connectivity index (χ3n) is 5.67. The predicted molar refractivity (Wildman–Crippen MR) is 104 cm³/mol. The molecule has 4 rings (SSSR count). The molecule has 1 saturated heterocycles. The maximum absolute atomic E-state index is 12.5. The number of carbonyl (C=O) groups excluding carboxylic acids is 1. The maximum atomic E-state index is 12.5. The van der Waals surface area contributed by atoms with Crippen LogP contribution in [0.15, 0.2) is 24.3 Å². The van der Waals surface area contributed by atoms with E-state index in [9.17, 15) is 4.79 Å². The van der Waals surface area contributed by atoms with Crippen LogP contribution in [-0.2, 0) is 17.6 Å². The van der Waals surface area contributed by atoms with Crippen molar-refractivity contribution in [1.82, 2.24) is 15.1 Å². The van der Waals surface area contributed by atoms with Crippen LogP contribution in [0.5, 0.6) is 0 Å². The van der Waals surface area contributed by atoms with E-state index in [1.54, 1.807) is 0 Å². The average molecular weight is 352 g/mol. The van der Waals surface area contributed by atoms with Crippen LogP contribution in [0.3, 0.4) is 0 Å². The van der Waals surface area contributed by atoms with Crippen LogP contribution in [0.2, 0.25) is 0 Å². The summed E-state index contributed by atoms with van der Waals surface area (Å²) >= 11 is 0. The molecule has 2 aliphatic rings. The molecule has 1 fully saturated rings. The van der Waals surface area contributed by atoms with Crippen molar-refractivity contribution in [3.8, 4) is 11.3 Å². The summed E-state index contributed by atoms with van der Waals surface area (Å²) in [5.41, 5.74) is 5.63. The van der Waals surface area contributed by atoms with Gasteiger partial charge in [0.15, 0.2) is 0 Å². The number of benzene rings is 1. The number of amides is 1. The zero-order valence-electron chi connectivity index (χ0n) is 15.6. The van der Waals surface area contributed by atoms with Crippen LogP contribution >= 0.6 is 0 Å². The van der Waals surface area contributed by atoms with Gasteiger partial charge in [-0.05, 0) is 70.2 Å². The molecule has 1 aliphatic carbocycles. The molecule has 1 aromatic heterocycles. The third kappa shape index (κ3) is 3.83. The Morgan fingerprint density at radius 3 is 3.08 bits per heavy atom. The van der Waals surface area contributed by atoms with Crippen molar-refractivity contribution in [2.75, 3.05) is 25.5 Å². The first-order valence-electron chi connectivity index (χ1n) is 9.84. The van der Waals surface area contributed by atoms with Crippen LogP contribution in [-0.4, -0.2) is 41.1 Å². The lowest BCUT2D eigenvalue weighted by Gasteiger charge is -2.29. The molecular weight excluding hydrogens is 324 g/mol. The molecule has 2 N–H and O–H groups in total. The number of H-pyrrole nitrogens is 1. The number of carbonyl (C=O) groups is 1. The van der Waals surface area contributed by atoms with Gasteiger partial charge in [-0.25, -0.2) is 0 Å². The number of hydrogen-bond donors (Lipinski definition) is 2. The van der Waals surface area contributed by atoms with Gasteiger partial charge in [0.05, 0.1) is 5.69 Å². The Kier molecular flexibility index (Phi) is 5.07. The highest BCUT2D eigenvalue weighted by atomic mass is 16.1. The molecule has 1 unspecified atom stereocenters. The molecule has 5 nitrogen and oxygen atoms in total. The Balaban J connectivity index is 1.44. The number of anilines is 1. The van der Waals surface area contributed by atoms with E-state index < -0.39 is 0 Å². The Morgan fingerprint density at radius 2 is 2.19 bits per heavy atom. The van der Waals surface area contributed by atoms with Gasteiger partial charge in [-0.15, -0.1) is 0 Å². The molecule has 0 spiro atoms. The second kappa shape index (κ2) is 7.62. The predicted octanol–water partition coefficient (Wildman–Crippen LogP) is 3.63. The second-order valence-corrected chi connectivity index (χ2v) is 7.84. The number of fused-ring (bicyclic) bond motifs is 1. The van der Waals surface area contributed by atoms with Crippen LogP contribution in [0.1, 0.15) is 43.4 Å². The first-order valence-corrected chi connectivity index (χ1v) is 9.84. The van der Waals surface area contributed by atoms with Crippen molar-refractivity contribution < 1.29 is 4.79 Å². The van der Waals surface area contributed by atoms with E-state index in [0.29, 0.717) is 12.3 Å². The van der Waals surface area contributed by atoms with E-state index in [0.717, 1.165) is 49.3 Å². The highest BCUT2D eigenvalue weighted by Crippen LogP contribution is 2.30. The SMILES string of the molecule is CN1CCCC(CC(=O)Nc2cccc(-c3n[nH]c4c3CCCC4)c2)C1. The topological polar surface area (TPSA) is 61.0 Å². The molecule has 138 valence electrons. The number of likely N-dealkylation sites (tertiary alicyclic amines) is 1. The second-order valence-electron chi connectivity index (χ2n) is 7.84. The summed E-state index contributed by atoms with van der Waals surface area (Å²) in [7, 11) is 2.14. The molecule has 2 heterocycles. The van der Waals surface area contributed by atoms with E-state index in [4.69, 9.17) is 0 Å². The van der Waals surface area contributed by atoms with Gasteiger partial charge in [0.1, 0.15) is 0 Å². The molecule has 26 heavy (non-hydrogen) atoms. The molecule has 0 saturated carbocycles. The first kappa shape index (κ1) is 17.3. The molecule has 1 amide bonds. The van der Waals surface area contributed by atoms with Gasteiger partial charge < -0.3 is 10.2 Å². The molecule has 5 heteroatoms. The highest BCUT2D eigenvalue weighted by molar-refractivity contribution is 5.91. The van der Waals surface area contributed by atoms with Crippen molar-refractivity contribution in [2.24, 2.45) is 5.92 Å². The van der Waals surface area contributed by atoms with Gasteiger partial charge in [0.2, 0.25) is 5.91 Å². The van der Waals surface area contributed by atoms with E-state index in [1.165, 1.54) is 30.5 Å². The monoisotopic (exact) mass is 352 g/mol. The lowest BCUT2D eigenvalue weighted by molar-refractivity contribution is -0.117. The standard InChI is InChI=1S/C21H28N4O/c1-25-11-5-6-15(14-25)12-20(26)22-17-8-4-7-16(13-17)21-18-9-2-3-10-19(18)23-24-21/h4,7-8,13,15H,2-3,5-6,9-12,14H2,1H3,(H,22,26)(H,23,24). The fraction of sp³-hybridized carbons (Fsp3) is 0.524. The molecule has 1 aromatic carbocycles. The summed E-state index contributed by atoms with van der Waals surface area (Å²) < 4.78 is 0. The van der Waals surface area contributed by atoms with Gasteiger partial charge >= 0.3 is 0 Å². The minimum absolute atomic E-state index is 0.117. The van der Waals surface area contributed by atoms with E-state index in [1.807, 2.05) is 12.1 Å². The lowest BCUT2D eigenvalue weighted by atomic mass is 9.93. The summed E-state index contributed by atoms with van der Waals surface area (Å²) in [5, 5.41) is 10.8. The Bertz CT molecular complexity index is 782. The number of nitrogens with one attached hydrogen (secondary N) is 2. The minimum Gasteiger partial charge on any atom is -0.326 e. The Hall–Kier alpha value is -2.14. The summed E-state index contributed by atoms with van der Waals surface area (Å²) in [5.74, 6) is 0.585. The van der Waals surface area contributed by atoms with Crippen molar-refractivity contribution in [1.29, 1.82) is 0 Å². The Labute approximate surface area is 155 Å². The lowest BCUT2D eigenvalue weighted by Crippen LogP contribution is -2.34. The molecule has 0 bridgehead atoms. The molecular formula is C21H28N4O. The number of piperidine rings is 1. The molecule has 2 aromatic rings. The van der Waals surface area contributed by atoms with Gasteiger partial charge in [-0.3, -0.25) is 9.89 Å². The van der Waals surface area contributed by atoms with E-state index in [2.05, 4.69) is 39.6 Å². The minimum atomic E-state index is 0.117. The van der Waals surface area contributed by atoms with E-state index in [-0.39, 0.29) is 5.91 Å². The summed E-state index contributed by atoms with van der Waals surface area (Å²) in [6.45, 7) is 2.17. The smallest absolute Gasteiger partial charge is 0.224 e. The number of aromatic amines is 1. The number of aryl methyl sites for hydroxylation is 1. The number of aromatic nitrogens is 2. The summed E-state index contributed by atoms with van der Waals surface area (Å²) in [4.78, 5) is 14.8. The van der Waals surface area contributed by atoms with Crippen LogP contribution in [0.4, 0.5) is 5.69 Å². The normalized spacial score (nSPS) is 20.6. The quantitative estimate of drug-likeness (QED) is 0.883. The van der Waals surface area contributed by atoms with Gasteiger partial charge in [-0.1, -0.05) is 12.1 Å². The zero-order chi connectivity index (χ0) is 17.9. The van der Waals surface area contributed by atoms with Gasteiger partial charge in [0.25, 0.3) is 0 Å². The highest BCUT2D eigenvalue weighted by Gasteiger charge is 2.21. The van der Waals surface area contributed by atoms with Gasteiger partial charge in [0, 0.05) is 35.5 Å². The number of hydrogen-bond acceptors (Lipinski definition) is 3. The average Bonchev–Trinajstić information content (AvgIpc) is 3.06. The fourth-order valence-corrected chi connectivity index (χ4v) is 4.38. The number of nitrogens with zero attached hydrogens (tertiary/aromatic N) is 2. The first-order chi connectivity index (χ1) is 12.7. The van der Waals surface area contributed by atoms with Crippen molar-refractivity contribution in [3.05, 3.63) is 35.5 Å². The maximum Gasteiger partial charge on any atom is 0.224 e. The van der Waals surface area contributed by atoms with Crippen molar-refractivity contribution in [3.63, 3.8) is 0 Å². The van der Waals surface area contributed by atoms with Crippen LogP contribution in [0, 0.1) is 5.92 Å². The summed E-state index contributed by atoms with van der Waals surface area (Å²) in [6, 6.07) is 8.10. The molecule has 0 radical (unpaired) electrons. The largest absolute Gasteiger partial charge is 0.326 e. The Morgan fingerprint density at radius 1 is 1.31 bits per heavy atom. The number of rotatable bonds is 4. The molecule has 1 aliphatic heterocycles. The van der Waals surface area contributed by atoms with Crippen molar-refractivity contribution >= 4 is 11.6 Å².